The molecule has 1 fully saturated rings. The number of nitrogens with zero attached hydrogens (tertiary/aromatic N) is 6. The third-order valence-corrected chi connectivity index (χ3v) is 24.2. The van der Waals surface area contributed by atoms with Crippen LogP contribution in [0.15, 0.2) is 64.9 Å². The van der Waals surface area contributed by atoms with Gasteiger partial charge in [0.25, 0.3) is 5.56 Å². The molecule has 7 N–H and O–H groups in total. The van der Waals surface area contributed by atoms with Gasteiger partial charge in [-0.15, -0.1) is 23.7 Å². The first-order valence-electron chi connectivity index (χ1n) is 41.0. The van der Waals surface area contributed by atoms with Gasteiger partial charge in [-0.1, -0.05) is 119 Å². The van der Waals surface area contributed by atoms with Crippen LogP contribution in [0.25, 0.3) is 11.2 Å². The molecular formula is C86H118N12O18S3. The fourth-order valence-electron chi connectivity index (χ4n) is 13.7. The summed E-state index contributed by atoms with van der Waals surface area (Å²) in [6.45, 7) is 18.7. The zero-order valence-electron chi connectivity index (χ0n) is 70.5. The summed E-state index contributed by atoms with van der Waals surface area (Å²) in [4.78, 5) is 210. The lowest BCUT2D eigenvalue weighted by Crippen LogP contribution is -2.59. The number of fused-ring (bicyclic) bond motifs is 1. The number of unbranched alkanes of at least 4 members (excludes halogenated alkanes) is 1. The molecule has 0 radical (unpaired) electrons. The van der Waals surface area contributed by atoms with Gasteiger partial charge in [-0.2, -0.15) is 0 Å². The fourth-order valence-corrected chi connectivity index (χ4v) is 16.3. The fraction of sp³-hybridized carbons (Fsp3) is 0.581. The van der Waals surface area contributed by atoms with Gasteiger partial charge in [-0.25, -0.2) is 19.9 Å². The summed E-state index contributed by atoms with van der Waals surface area (Å²) < 4.78 is 17.0. The quantitative estimate of drug-likeness (QED) is 0.00362. The lowest BCUT2D eigenvalue weighted by atomic mass is 9.85. The summed E-state index contributed by atoms with van der Waals surface area (Å²) in [5, 5.41) is 25.7. The number of ketones is 4. The van der Waals surface area contributed by atoms with Gasteiger partial charge in [0.1, 0.15) is 41.5 Å². The molecule has 648 valence electrons. The number of rotatable bonds is 52. The summed E-state index contributed by atoms with van der Waals surface area (Å²) in [5.41, 5.74) is 3.11. The Balaban J connectivity index is 0.881. The van der Waals surface area contributed by atoms with Crippen LogP contribution in [0.4, 0.5) is 0 Å². The first-order chi connectivity index (χ1) is 56.7. The maximum Gasteiger partial charge on any atom is 0.325 e. The van der Waals surface area contributed by atoms with E-state index in [0.29, 0.717) is 80.0 Å². The molecule has 33 heteroatoms. The topological polar surface area (TPSA) is 421 Å². The second kappa shape index (κ2) is 50.3. The third-order valence-electron chi connectivity index (χ3n) is 20.9. The molecule has 1 saturated heterocycles. The van der Waals surface area contributed by atoms with Crippen LogP contribution in [0.3, 0.4) is 0 Å². The lowest BCUT2D eigenvalue weighted by molar-refractivity contribution is -0.160. The predicted octanol–water partition coefficient (Wildman–Crippen LogP) is 9.39. The number of nitrogens with one attached hydrogen (secondary N) is 6. The molecule has 0 aliphatic carbocycles. The number of esters is 3. The molecule has 0 unspecified atom stereocenters. The van der Waals surface area contributed by atoms with E-state index in [1.165, 1.54) is 59.4 Å². The Kier molecular flexibility index (Phi) is 41.5. The van der Waals surface area contributed by atoms with Gasteiger partial charge in [-0.05, 0) is 133 Å². The Morgan fingerprint density at radius 3 is 2.11 bits per heavy atom. The van der Waals surface area contributed by atoms with E-state index in [2.05, 4.69) is 52.4 Å². The maximum absolute atomic E-state index is 15.0. The molecule has 1 aliphatic heterocycles. The van der Waals surface area contributed by atoms with Crippen molar-refractivity contribution in [1.29, 1.82) is 0 Å². The summed E-state index contributed by atoms with van der Waals surface area (Å²) in [5.74, 6) is -5.53. The number of amides is 6. The Bertz CT molecular complexity index is 4380. The van der Waals surface area contributed by atoms with Crippen LogP contribution < -0.4 is 32.1 Å². The number of aromatic nitrogens is 5. The molecule has 11 atom stereocenters. The number of hydrogen-bond donors (Lipinski definition) is 7. The number of likely N-dealkylation sites (N-methyl/N-ethyl adjacent to an activating group) is 1. The summed E-state index contributed by atoms with van der Waals surface area (Å²) in [6.07, 6.45) is 11.8. The second-order valence-corrected chi connectivity index (χ2v) is 34.6. The van der Waals surface area contributed by atoms with Crippen molar-refractivity contribution in [3.63, 3.8) is 0 Å². The average molecular weight is 1700 g/mol. The average Bonchev–Trinajstić information content (AvgIpc) is 1.73. The highest BCUT2D eigenvalue weighted by Crippen LogP contribution is 2.34. The van der Waals surface area contributed by atoms with Crippen molar-refractivity contribution in [2.75, 3.05) is 51.5 Å². The highest BCUT2D eigenvalue weighted by atomic mass is 33.1. The first kappa shape index (κ1) is 98.0. The van der Waals surface area contributed by atoms with Crippen LogP contribution >= 0.6 is 32.9 Å². The van der Waals surface area contributed by atoms with Crippen molar-refractivity contribution in [2.45, 2.75) is 234 Å². The number of thiazole rings is 1. The van der Waals surface area contributed by atoms with E-state index in [4.69, 9.17) is 25.6 Å². The maximum atomic E-state index is 15.0. The number of ether oxygens (including phenoxy) is 3. The summed E-state index contributed by atoms with van der Waals surface area (Å²) in [6, 6.07) is 9.59. The minimum absolute atomic E-state index is 0.00650. The Labute approximate surface area is 708 Å². The molecule has 6 rings (SSSR count). The highest BCUT2D eigenvalue weighted by molar-refractivity contribution is 8.76. The number of phenolic OH excluding ortho intramolecular Hbond substituents is 1. The first-order valence-corrected chi connectivity index (χ1v) is 44.3. The van der Waals surface area contributed by atoms with Crippen LogP contribution in [-0.2, 0) is 86.2 Å². The molecule has 1 aliphatic rings. The molecule has 30 nitrogen and oxygen atoms in total. The minimum atomic E-state index is -1.06. The standard InChI is InChI=1S/C86H118N12O18S3/c1-14-21-63(45-71(103)55(9)90-74(105)25-18-17-24-69(101)62-31-26-59(27-32-62)28-33-64-47-88-79-78(94-64)84(112)93-57(11)92-79)82(110)91-56(10)70(102)42-54(8)80(108)87-36-39-118-119-40-38-114-76(107)48-89-81(109)53(7)41-61(43-60-29-34-65(100)35-30-60)44-72(104)66-49-117-85(95-66)73(116-58(12)99)46-68(51(4)5)98(50-115-75(106)22-15-2)86(113)77(52(6)16-3)96-83(111)67-23-19-20-37-97(67)13/h1,26-27,29-32,34-35,47,49,51-56,61,63,67-68,73,77,100H,15-25,28,33,36-46,48,50H2,2-13H3,(H,87,108)(H,89,109)(H,90,105)(H,91,110)(H,96,111)(H,88,92,93,112)/t52-,53+,54-,55+,56+,61-,63-,67-,68-,73-,77+/m1/s1. The monoisotopic (exact) mass is 1700 g/mol. The second-order valence-electron chi connectivity index (χ2n) is 31.0. The molecule has 0 bridgehead atoms. The number of benzene rings is 2. The van der Waals surface area contributed by atoms with E-state index in [1.54, 1.807) is 56.6 Å². The molecule has 4 heterocycles. The van der Waals surface area contributed by atoms with Crippen molar-refractivity contribution >= 4 is 121 Å². The van der Waals surface area contributed by atoms with Gasteiger partial charge in [0.15, 0.2) is 47.1 Å². The van der Waals surface area contributed by atoms with Gasteiger partial charge in [0.05, 0.1) is 35.9 Å². The van der Waals surface area contributed by atoms with E-state index < -0.39 is 126 Å². The number of Topliss-reactive ketones (excluding diaryl/α,β-unsaturated/α-hetero) is 4. The molecule has 0 saturated carbocycles. The number of terminal acetylenes is 1. The van der Waals surface area contributed by atoms with E-state index in [1.807, 2.05) is 58.7 Å². The van der Waals surface area contributed by atoms with Crippen molar-refractivity contribution in [2.24, 2.45) is 35.5 Å². The molecular weight excluding hydrogens is 1590 g/mol. The van der Waals surface area contributed by atoms with E-state index in [0.717, 1.165) is 41.9 Å². The van der Waals surface area contributed by atoms with Crippen LogP contribution in [0.2, 0.25) is 0 Å². The number of piperidine rings is 1. The van der Waals surface area contributed by atoms with Gasteiger partial charge in [0.2, 0.25) is 35.4 Å². The predicted molar refractivity (Wildman–Crippen MR) is 454 cm³/mol. The molecule has 6 amide bonds. The smallest absolute Gasteiger partial charge is 0.325 e. The van der Waals surface area contributed by atoms with Gasteiger partial charge in [0, 0.05) is 105 Å². The summed E-state index contributed by atoms with van der Waals surface area (Å²) in [7, 11) is 4.69. The molecule has 119 heavy (non-hydrogen) atoms. The number of aryl methyl sites for hydroxylation is 3. The number of phenols is 1. The Hall–Kier alpha value is -9.78. The number of carbonyl (C=O) groups is 13. The van der Waals surface area contributed by atoms with Gasteiger partial charge >= 0.3 is 17.9 Å². The largest absolute Gasteiger partial charge is 0.508 e. The van der Waals surface area contributed by atoms with Crippen molar-refractivity contribution in [1.82, 2.24) is 61.3 Å². The van der Waals surface area contributed by atoms with Crippen molar-refractivity contribution < 1.29 is 81.6 Å². The van der Waals surface area contributed by atoms with Gasteiger partial charge in [-0.3, -0.25) is 72.0 Å². The lowest BCUT2D eigenvalue weighted by Gasteiger charge is -2.39. The number of likely N-dealkylation sites (tertiary alicyclic amines) is 1. The normalized spacial score (nSPS) is 15.3. The SMILES string of the molecule is C#CC[C@H](CC(=O)[C@H](C)NC(=O)CCCCC(=O)c1ccc(CCc2cnc3nc(C)[nH]c(=O)c3n2)cc1)C(=O)N[C@@H](C)C(=O)C[C@@H](C)C(=O)NCCSSCCOC(=O)CNC(=O)[C@@H](C)C[C@@H](CC(=O)c1csc([C@@H](C[C@H](C(C)C)N(COC(=O)CCC)C(=O)[C@@H](NC(=O)[C@H]2CCCCN2C)[C@H](C)CC)OC(C)=O)n1)Cc1ccc(O)cc1. The number of aromatic hydroxyl groups is 1. The van der Waals surface area contributed by atoms with E-state index >= 15 is 4.79 Å². The molecule has 3 aromatic heterocycles. The van der Waals surface area contributed by atoms with Gasteiger partial charge < -0.3 is 55.8 Å². The summed E-state index contributed by atoms with van der Waals surface area (Å²) >= 11 is 1.10. The molecule has 2 aromatic carbocycles. The number of aromatic amines is 1. The van der Waals surface area contributed by atoms with Crippen molar-refractivity contribution in [3.05, 3.63) is 109 Å². The highest BCUT2D eigenvalue weighted by Gasteiger charge is 2.40. The van der Waals surface area contributed by atoms with E-state index in [-0.39, 0.29) is 139 Å². The van der Waals surface area contributed by atoms with Crippen LogP contribution in [0, 0.1) is 54.8 Å². The van der Waals surface area contributed by atoms with Crippen molar-refractivity contribution in [3.8, 4) is 18.1 Å². The van der Waals surface area contributed by atoms with E-state index in [9.17, 15) is 67.4 Å². The third kappa shape index (κ3) is 33.0. The molecule has 5 aromatic rings. The Morgan fingerprint density at radius 1 is 0.748 bits per heavy atom. The zero-order valence-corrected chi connectivity index (χ0v) is 72.9. The number of H-pyrrole nitrogens is 1. The van der Waals surface area contributed by atoms with Crippen LogP contribution in [0.1, 0.15) is 227 Å². The minimum Gasteiger partial charge on any atom is -0.508 e. The Morgan fingerprint density at radius 2 is 1.43 bits per heavy atom. The molecule has 0 spiro atoms. The zero-order chi connectivity index (χ0) is 87.4. The number of hydrogen-bond acceptors (Lipinski definition) is 26. The van der Waals surface area contributed by atoms with Crippen LogP contribution in [-0.4, -0.2) is 198 Å². The number of carbonyl (C=O) groups excluding carboxylic acids is 13. The van der Waals surface area contributed by atoms with Crippen LogP contribution in [0.5, 0.6) is 5.75 Å².